The molecule has 4 rings (SSSR count). The number of rotatable bonds is 5. The molecular formula is C22H28Cl2N4. The standard InChI is InChI=1S/C22H28Cl2N4/c23-18-12-17(13-19(24)14-18)21-6-7-22(27-26-21)25-20-8-10-28(11-9-20)15-16-4-2-1-3-5-16/h6-7,12-14,16,20H,1-5,8-11,15H2,(H,25,27). The molecule has 2 aromatic rings. The van der Waals surface area contributed by atoms with Crippen LogP contribution in [-0.2, 0) is 0 Å². The second kappa shape index (κ2) is 9.43. The van der Waals surface area contributed by atoms with E-state index in [1.54, 1.807) is 6.07 Å². The molecule has 0 amide bonds. The van der Waals surface area contributed by atoms with Crippen molar-refractivity contribution in [3.63, 3.8) is 0 Å². The average molecular weight is 419 g/mol. The summed E-state index contributed by atoms with van der Waals surface area (Å²) in [4.78, 5) is 2.66. The van der Waals surface area contributed by atoms with Gasteiger partial charge in [0.05, 0.1) is 5.69 Å². The van der Waals surface area contributed by atoms with Crippen LogP contribution in [0.4, 0.5) is 5.82 Å². The Hall–Kier alpha value is -1.36. The van der Waals surface area contributed by atoms with Gasteiger partial charge in [-0.2, -0.15) is 0 Å². The molecule has 28 heavy (non-hydrogen) atoms. The summed E-state index contributed by atoms with van der Waals surface area (Å²) in [5.74, 6) is 1.76. The molecule has 1 aromatic heterocycles. The first-order valence-electron chi connectivity index (χ1n) is 10.4. The fraction of sp³-hybridized carbons (Fsp3) is 0.545. The molecule has 2 aliphatic rings. The normalized spacial score (nSPS) is 19.6. The third-order valence-electron chi connectivity index (χ3n) is 6.00. The molecule has 150 valence electrons. The molecule has 6 heteroatoms. The van der Waals surface area contributed by atoms with Crippen LogP contribution in [0.15, 0.2) is 30.3 Å². The zero-order chi connectivity index (χ0) is 19.3. The van der Waals surface area contributed by atoms with Crippen LogP contribution in [0.1, 0.15) is 44.9 Å². The molecule has 4 nitrogen and oxygen atoms in total. The van der Waals surface area contributed by atoms with E-state index in [2.05, 4.69) is 20.4 Å². The maximum absolute atomic E-state index is 6.08. The first-order chi connectivity index (χ1) is 13.7. The van der Waals surface area contributed by atoms with Gasteiger partial charge in [-0.3, -0.25) is 0 Å². The highest BCUT2D eigenvalue weighted by Crippen LogP contribution is 2.27. The van der Waals surface area contributed by atoms with Crippen molar-refractivity contribution < 1.29 is 0 Å². The van der Waals surface area contributed by atoms with E-state index >= 15 is 0 Å². The van der Waals surface area contributed by atoms with Crippen molar-refractivity contribution >= 4 is 29.0 Å². The molecule has 2 fully saturated rings. The van der Waals surface area contributed by atoms with E-state index in [4.69, 9.17) is 23.2 Å². The lowest BCUT2D eigenvalue weighted by Crippen LogP contribution is -2.41. The monoisotopic (exact) mass is 418 g/mol. The lowest BCUT2D eigenvalue weighted by atomic mass is 9.88. The van der Waals surface area contributed by atoms with Gasteiger partial charge < -0.3 is 10.2 Å². The van der Waals surface area contributed by atoms with E-state index in [0.717, 1.165) is 23.0 Å². The van der Waals surface area contributed by atoms with E-state index in [1.165, 1.54) is 64.6 Å². The fourth-order valence-corrected chi connectivity index (χ4v) is 4.99. The van der Waals surface area contributed by atoms with Crippen LogP contribution in [-0.4, -0.2) is 40.8 Å². The Morgan fingerprint density at radius 1 is 0.893 bits per heavy atom. The Morgan fingerprint density at radius 2 is 1.61 bits per heavy atom. The first kappa shape index (κ1) is 19.9. The molecule has 0 radical (unpaired) electrons. The Balaban J connectivity index is 1.28. The highest BCUT2D eigenvalue weighted by molar-refractivity contribution is 6.35. The summed E-state index contributed by atoms with van der Waals surface area (Å²) in [6, 6.07) is 9.86. The largest absolute Gasteiger partial charge is 0.366 e. The van der Waals surface area contributed by atoms with Gasteiger partial charge in [0.25, 0.3) is 0 Å². The van der Waals surface area contributed by atoms with Gasteiger partial charge in [0.15, 0.2) is 0 Å². The number of nitrogens with one attached hydrogen (secondary N) is 1. The third-order valence-corrected chi connectivity index (χ3v) is 6.44. The predicted molar refractivity (Wildman–Crippen MR) is 117 cm³/mol. The molecular weight excluding hydrogens is 391 g/mol. The topological polar surface area (TPSA) is 41.0 Å². The van der Waals surface area contributed by atoms with E-state index < -0.39 is 0 Å². The maximum Gasteiger partial charge on any atom is 0.148 e. The molecule has 1 saturated carbocycles. The predicted octanol–water partition coefficient (Wildman–Crippen LogP) is 5.91. The van der Waals surface area contributed by atoms with Gasteiger partial charge >= 0.3 is 0 Å². The number of halogens is 2. The summed E-state index contributed by atoms with van der Waals surface area (Å²) in [5, 5.41) is 13.5. The summed E-state index contributed by atoms with van der Waals surface area (Å²) in [6.45, 7) is 3.66. The van der Waals surface area contributed by atoms with Crippen LogP contribution in [0.3, 0.4) is 0 Å². The van der Waals surface area contributed by atoms with E-state index in [0.29, 0.717) is 16.1 Å². The lowest BCUT2D eigenvalue weighted by molar-refractivity contribution is 0.168. The average Bonchev–Trinajstić information content (AvgIpc) is 2.70. The Kier molecular flexibility index (Phi) is 6.71. The van der Waals surface area contributed by atoms with Crippen molar-refractivity contribution in [2.24, 2.45) is 5.92 Å². The second-order valence-corrected chi connectivity index (χ2v) is 9.06. The van der Waals surface area contributed by atoms with Gasteiger partial charge in [-0.05, 0) is 61.9 Å². The zero-order valence-electron chi connectivity index (χ0n) is 16.2. The van der Waals surface area contributed by atoms with Crippen LogP contribution >= 0.6 is 23.2 Å². The Morgan fingerprint density at radius 3 is 2.25 bits per heavy atom. The van der Waals surface area contributed by atoms with Crippen molar-refractivity contribution in [1.29, 1.82) is 0 Å². The summed E-state index contributed by atoms with van der Waals surface area (Å²) < 4.78 is 0. The number of likely N-dealkylation sites (tertiary alicyclic amines) is 1. The molecule has 1 aliphatic carbocycles. The molecule has 1 aliphatic heterocycles. The number of aromatic nitrogens is 2. The Bertz CT molecular complexity index is 746. The molecule has 2 heterocycles. The van der Waals surface area contributed by atoms with Crippen LogP contribution in [0.25, 0.3) is 11.3 Å². The molecule has 1 saturated heterocycles. The number of benzene rings is 1. The van der Waals surface area contributed by atoms with Crippen molar-refractivity contribution in [3.8, 4) is 11.3 Å². The molecule has 0 unspecified atom stereocenters. The van der Waals surface area contributed by atoms with E-state index in [9.17, 15) is 0 Å². The van der Waals surface area contributed by atoms with Gasteiger partial charge in [-0.1, -0.05) is 42.5 Å². The molecule has 0 atom stereocenters. The van der Waals surface area contributed by atoms with Gasteiger partial charge in [0.2, 0.25) is 0 Å². The fourth-order valence-electron chi connectivity index (χ4n) is 4.47. The molecule has 1 aromatic carbocycles. The van der Waals surface area contributed by atoms with E-state index in [1.807, 2.05) is 24.3 Å². The van der Waals surface area contributed by atoms with Crippen LogP contribution in [0, 0.1) is 5.92 Å². The highest BCUT2D eigenvalue weighted by Gasteiger charge is 2.23. The number of hydrogen-bond donors (Lipinski definition) is 1. The minimum absolute atomic E-state index is 0.475. The highest BCUT2D eigenvalue weighted by atomic mass is 35.5. The zero-order valence-corrected chi connectivity index (χ0v) is 17.7. The molecule has 1 N–H and O–H groups in total. The van der Waals surface area contributed by atoms with Crippen LogP contribution < -0.4 is 5.32 Å². The quantitative estimate of drug-likeness (QED) is 0.655. The van der Waals surface area contributed by atoms with Crippen molar-refractivity contribution in [2.75, 3.05) is 25.0 Å². The van der Waals surface area contributed by atoms with Crippen LogP contribution in [0.2, 0.25) is 10.0 Å². The smallest absolute Gasteiger partial charge is 0.148 e. The number of anilines is 1. The summed E-state index contributed by atoms with van der Waals surface area (Å²) in [6.07, 6.45) is 9.49. The summed E-state index contributed by atoms with van der Waals surface area (Å²) in [7, 11) is 0. The van der Waals surface area contributed by atoms with E-state index in [-0.39, 0.29) is 0 Å². The maximum atomic E-state index is 6.08. The summed E-state index contributed by atoms with van der Waals surface area (Å²) >= 11 is 12.2. The van der Waals surface area contributed by atoms with Crippen molar-refractivity contribution in [3.05, 3.63) is 40.4 Å². The Labute approximate surface area is 177 Å². The second-order valence-electron chi connectivity index (χ2n) is 8.19. The minimum atomic E-state index is 0.475. The number of piperidine rings is 1. The first-order valence-corrected chi connectivity index (χ1v) is 11.2. The number of hydrogen-bond acceptors (Lipinski definition) is 4. The third kappa shape index (κ3) is 5.37. The van der Waals surface area contributed by atoms with Gasteiger partial charge in [0.1, 0.15) is 5.82 Å². The van der Waals surface area contributed by atoms with Gasteiger partial charge in [0, 0.05) is 41.3 Å². The van der Waals surface area contributed by atoms with Gasteiger partial charge in [-0.25, -0.2) is 0 Å². The van der Waals surface area contributed by atoms with Gasteiger partial charge in [-0.15, -0.1) is 10.2 Å². The molecule has 0 bridgehead atoms. The van der Waals surface area contributed by atoms with Crippen molar-refractivity contribution in [1.82, 2.24) is 15.1 Å². The minimum Gasteiger partial charge on any atom is -0.366 e. The van der Waals surface area contributed by atoms with Crippen molar-refractivity contribution in [2.45, 2.75) is 51.0 Å². The lowest BCUT2D eigenvalue weighted by Gasteiger charge is -2.35. The number of nitrogens with zero attached hydrogens (tertiary/aromatic N) is 3. The summed E-state index contributed by atoms with van der Waals surface area (Å²) in [5.41, 5.74) is 1.66. The van der Waals surface area contributed by atoms with Crippen LogP contribution in [0.5, 0.6) is 0 Å². The SMILES string of the molecule is Clc1cc(Cl)cc(-c2ccc(NC3CCN(CC4CCCCC4)CC3)nn2)c1. The molecule has 0 spiro atoms.